The molecular formula is C14H20N8S3. The third-order valence-corrected chi connectivity index (χ3v) is 6.52. The van der Waals surface area contributed by atoms with Crippen LogP contribution in [0.1, 0.15) is 23.3 Å². The van der Waals surface area contributed by atoms with Crippen molar-refractivity contribution >= 4 is 34.9 Å². The second-order valence-corrected chi connectivity index (χ2v) is 9.05. The number of hydrogen-bond donors (Lipinski definition) is 0. The summed E-state index contributed by atoms with van der Waals surface area (Å²) in [5.74, 6) is 5.33. The Balaban J connectivity index is 1.42. The predicted molar refractivity (Wildman–Crippen MR) is 100 cm³/mol. The molecule has 0 saturated heterocycles. The molecule has 3 aromatic heterocycles. The van der Waals surface area contributed by atoms with E-state index in [1.807, 2.05) is 37.1 Å². The molecule has 0 radical (unpaired) electrons. The summed E-state index contributed by atoms with van der Waals surface area (Å²) < 4.78 is 5.85. The molecule has 3 aromatic rings. The van der Waals surface area contributed by atoms with Crippen LogP contribution in [0.3, 0.4) is 0 Å². The van der Waals surface area contributed by atoms with Gasteiger partial charge < -0.3 is 0 Å². The van der Waals surface area contributed by atoms with Crippen molar-refractivity contribution in [1.82, 2.24) is 39.7 Å². The smallest absolute Gasteiger partial charge is 0.175 e. The molecule has 11 heteroatoms. The molecule has 8 nitrogen and oxygen atoms in total. The molecule has 3 rings (SSSR count). The molecule has 0 atom stereocenters. The van der Waals surface area contributed by atoms with Gasteiger partial charge >= 0.3 is 0 Å². The first-order valence-electron chi connectivity index (χ1n) is 7.86. The average Bonchev–Trinajstić information content (AvgIpc) is 3.21. The Morgan fingerprint density at radius 2 is 1.20 bits per heavy atom. The quantitative estimate of drug-likeness (QED) is 0.537. The second-order valence-electron chi connectivity index (χ2n) is 5.39. The Bertz CT molecular complexity index is 770. The molecule has 0 aliphatic carbocycles. The van der Waals surface area contributed by atoms with Crippen molar-refractivity contribution in [2.75, 3.05) is 11.5 Å². The lowest BCUT2D eigenvalue weighted by molar-refractivity contribution is 0.637. The largest absolute Gasteiger partial charge is 0.249 e. The van der Waals surface area contributed by atoms with Gasteiger partial charge in [0.1, 0.15) is 23.3 Å². The van der Waals surface area contributed by atoms with Gasteiger partial charge in [-0.3, -0.25) is 0 Å². The van der Waals surface area contributed by atoms with Crippen molar-refractivity contribution in [2.24, 2.45) is 0 Å². The van der Waals surface area contributed by atoms with E-state index in [4.69, 9.17) is 0 Å². The highest BCUT2D eigenvalue weighted by molar-refractivity contribution is 8.03. The molecule has 134 valence electrons. The Hall–Kier alpha value is -1.46. The molecule has 0 N–H and O–H groups in total. The summed E-state index contributed by atoms with van der Waals surface area (Å²) in [5, 5.41) is 17.2. The van der Waals surface area contributed by atoms with E-state index in [1.165, 1.54) is 0 Å². The van der Waals surface area contributed by atoms with Crippen LogP contribution in [-0.4, -0.2) is 51.2 Å². The predicted octanol–water partition coefficient (Wildman–Crippen LogP) is 2.54. The molecule has 0 unspecified atom stereocenters. The first-order valence-corrected chi connectivity index (χ1v) is 10.7. The number of hydrogen-bond acceptors (Lipinski definition) is 9. The monoisotopic (exact) mass is 396 g/mol. The van der Waals surface area contributed by atoms with Gasteiger partial charge in [-0.2, -0.15) is 10.2 Å². The first kappa shape index (κ1) is 18.3. The lowest BCUT2D eigenvalue weighted by atomic mass is 10.6. The van der Waals surface area contributed by atoms with Crippen molar-refractivity contribution in [2.45, 2.75) is 49.5 Å². The number of rotatable bonds is 8. The molecule has 0 fully saturated rings. The summed E-state index contributed by atoms with van der Waals surface area (Å²) in [6, 6.07) is 0. The topological polar surface area (TPSA) is 87.2 Å². The van der Waals surface area contributed by atoms with Crippen molar-refractivity contribution in [3.05, 3.63) is 23.3 Å². The van der Waals surface area contributed by atoms with E-state index in [9.17, 15) is 0 Å². The zero-order valence-corrected chi connectivity index (χ0v) is 17.1. The maximum Gasteiger partial charge on any atom is 0.175 e. The van der Waals surface area contributed by atoms with Gasteiger partial charge in [0.2, 0.25) is 0 Å². The number of nitrogens with zero attached hydrogens (tertiary/aromatic N) is 8. The lowest BCUT2D eigenvalue weighted by Crippen LogP contribution is -2.04. The molecule has 3 heterocycles. The summed E-state index contributed by atoms with van der Waals surface area (Å²) in [4.78, 5) is 8.62. The number of aryl methyl sites for hydroxylation is 6. The second kappa shape index (κ2) is 8.28. The molecule has 0 spiro atoms. The third-order valence-electron chi connectivity index (χ3n) is 3.37. The Morgan fingerprint density at radius 1 is 0.760 bits per heavy atom. The molecular weight excluding hydrogens is 376 g/mol. The van der Waals surface area contributed by atoms with E-state index in [1.54, 1.807) is 34.9 Å². The molecule has 0 aromatic carbocycles. The molecule has 0 saturated carbocycles. The van der Waals surface area contributed by atoms with Crippen molar-refractivity contribution in [3.63, 3.8) is 0 Å². The van der Waals surface area contributed by atoms with E-state index in [2.05, 4.69) is 30.4 Å². The summed E-state index contributed by atoms with van der Waals surface area (Å²) >= 11 is 5.05. The fraction of sp³-hybridized carbons (Fsp3) is 0.571. The number of aromatic nitrogens is 8. The minimum atomic E-state index is 0.815. The van der Waals surface area contributed by atoms with Crippen LogP contribution in [0.5, 0.6) is 0 Å². The van der Waals surface area contributed by atoms with E-state index < -0.39 is 0 Å². The number of thioether (sulfide) groups is 2. The summed E-state index contributed by atoms with van der Waals surface area (Å²) in [7, 11) is 0. The van der Waals surface area contributed by atoms with Crippen molar-refractivity contribution < 1.29 is 0 Å². The summed E-state index contributed by atoms with van der Waals surface area (Å²) in [6.45, 7) is 9.42. The SMILES string of the molecule is Cc1nc(C)n(CCSc2nnc(SCCn3nc(C)nc3C)s2)n1. The van der Waals surface area contributed by atoms with Crippen LogP contribution in [-0.2, 0) is 13.1 Å². The average molecular weight is 397 g/mol. The lowest BCUT2D eigenvalue weighted by Gasteiger charge is -2.01. The van der Waals surface area contributed by atoms with Gasteiger partial charge in [0.15, 0.2) is 8.68 Å². The zero-order valence-electron chi connectivity index (χ0n) is 14.6. The highest BCUT2D eigenvalue weighted by Crippen LogP contribution is 2.29. The maximum absolute atomic E-state index is 4.37. The standard InChI is InChI=1S/C14H20N8S3/c1-9-15-11(3)21(19-9)5-7-23-13-17-18-14(25-13)24-8-6-22-12(4)16-10(2)20-22/h5-8H2,1-4H3. The fourth-order valence-electron chi connectivity index (χ4n) is 2.30. The van der Waals surface area contributed by atoms with Crippen molar-refractivity contribution in [3.8, 4) is 0 Å². The van der Waals surface area contributed by atoms with Gasteiger partial charge in [0, 0.05) is 11.5 Å². The van der Waals surface area contributed by atoms with Crippen molar-refractivity contribution in [1.29, 1.82) is 0 Å². The normalized spacial score (nSPS) is 11.4. The highest BCUT2D eigenvalue weighted by atomic mass is 32.2. The van der Waals surface area contributed by atoms with Gasteiger partial charge in [0.05, 0.1) is 13.1 Å². The third kappa shape index (κ3) is 5.02. The van der Waals surface area contributed by atoms with Gasteiger partial charge in [0.25, 0.3) is 0 Å². The van der Waals surface area contributed by atoms with E-state index in [0.29, 0.717) is 0 Å². The molecule has 0 aliphatic heterocycles. The zero-order chi connectivity index (χ0) is 17.8. The molecule has 0 bridgehead atoms. The van der Waals surface area contributed by atoms with Gasteiger partial charge in [-0.05, 0) is 27.7 Å². The van der Waals surface area contributed by atoms with Crippen LogP contribution < -0.4 is 0 Å². The van der Waals surface area contributed by atoms with Gasteiger partial charge in [-0.25, -0.2) is 19.3 Å². The van der Waals surface area contributed by atoms with Crippen LogP contribution in [0.15, 0.2) is 8.68 Å². The Morgan fingerprint density at radius 3 is 1.56 bits per heavy atom. The van der Waals surface area contributed by atoms with Gasteiger partial charge in [-0.15, -0.1) is 10.2 Å². The van der Waals surface area contributed by atoms with Crippen LogP contribution in [0, 0.1) is 27.7 Å². The molecule has 25 heavy (non-hydrogen) atoms. The van der Waals surface area contributed by atoms with Crippen LogP contribution >= 0.6 is 34.9 Å². The van der Waals surface area contributed by atoms with Crippen LogP contribution in [0.4, 0.5) is 0 Å². The van der Waals surface area contributed by atoms with Crippen LogP contribution in [0.25, 0.3) is 0 Å². The summed E-state index contributed by atoms with van der Waals surface area (Å²) in [6.07, 6.45) is 0. The minimum Gasteiger partial charge on any atom is -0.249 e. The Labute approximate surface area is 158 Å². The van der Waals surface area contributed by atoms with Gasteiger partial charge in [-0.1, -0.05) is 34.9 Å². The van der Waals surface area contributed by atoms with E-state index in [0.717, 1.165) is 56.6 Å². The van der Waals surface area contributed by atoms with E-state index >= 15 is 0 Å². The van der Waals surface area contributed by atoms with Crippen LogP contribution in [0.2, 0.25) is 0 Å². The van der Waals surface area contributed by atoms with E-state index in [-0.39, 0.29) is 0 Å². The molecule has 0 aliphatic rings. The molecule has 0 amide bonds. The first-order chi connectivity index (χ1) is 12.0. The highest BCUT2D eigenvalue weighted by Gasteiger charge is 2.08. The fourth-order valence-corrected chi connectivity index (χ4v) is 5.29. The maximum atomic E-state index is 4.37. The minimum absolute atomic E-state index is 0.815. The summed E-state index contributed by atoms with van der Waals surface area (Å²) in [5.41, 5.74) is 0. The Kier molecular flexibility index (Phi) is 6.07.